The van der Waals surface area contributed by atoms with Crippen molar-refractivity contribution in [2.24, 2.45) is 0 Å². The topological polar surface area (TPSA) is 18.5 Å². The lowest BCUT2D eigenvalue weighted by Gasteiger charge is -2.28. The van der Waals surface area contributed by atoms with Crippen molar-refractivity contribution in [3.8, 4) is 12.3 Å². The molecule has 0 saturated carbocycles. The van der Waals surface area contributed by atoms with Crippen molar-refractivity contribution >= 4 is 0 Å². The minimum atomic E-state index is 0.859. The zero-order valence-corrected chi connectivity index (χ0v) is 9.13. The SMILES string of the molecule is C#CCCN(C)CCN1CCNCC1. The van der Waals surface area contributed by atoms with Gasteiger partial charge in [0.05, 0.1) is 0 Å². The van der Waals surface area contributed by atoms with Gasteiger partial charge in [0, 0.05) is 52.2 Å². The molecule has 0 aromatic heterocycles. The molecular formula is C11H21N3. The van der Waals surface area contributed by atoms with Crippen molar-refractivity contribution in [3.63, 3.8) is 0 Å². The van der Waals surface area contributed by atoms with Crippen LogP contribution in [0.3, 0.4) is 0 Å². The predicted octanol–water partition coefficient (Wildman–Crippen LogP) is -0.153. The third-order valence-electron chi connectivity index (χ3n) is 2.65. The molecule has 0 aromatic carbocycles. The Bertz CT molecular complexity index is 179. The molecule has 1 heterocycles. The predicted molar refractivity (Wildman–Crippen MR) is 60.3 cm³/mol. The summed E-state index contributed by atoms with van der Waals surface area (Å²) < 4.78 is 0. The minimum Gasteiger partial charge on any atom is -0.314 e. The van der Waals surface area contributed by atoms with Crippen LogP contribution < -0.4 is 5.32 Å². The maximum Gasteiger partial charge on any atom is 0.0214 e. The van der Waals surface area contributed by atoms with Gasteiger partial charge in [-0.1, -0.05) is 0 Å². The Labute approximate surface area is 87.5 Å². The Morgan fingerprint density at radius 1 is 1.36 bits per heavy atom. The van der Waals surface area contributed by atoms with Gasteiger partial charge in [0.15, 0.2) is 0 Å². The van der Waals surface area contributed by atoms with E-state index in [1.807, 2.05) is 0 Å². The molecular weight excluding hydrogens is 174 g/mol. The molecule has 0 radical (unpaired) electrons. The monoisotopic (exact) mass is 195 g/mol. The Morgan fingerprint density at radius 2 is 2.07 bits per heavy atom. The average molecular weight is 195 g/mol. The van der Waals surface area contributed by atoms with E-state index in [0.29, 0.717) is 0 Å². The largest absolute Gasteiger partial charge is 0.314 e. The molecule has 1 aliphatic rings. The minimum absolute atomic E-state index is 0.859. The number of hydrogen-bond donors (Lipinski definition) is 1. The van der Waals surface area contributed by atoms with Crippen molar-refractivity contribution < 1.29 is 0 Å². The third kappa shape index (κ3) is 4.61. The number of rotatable bonds is 5. The van der Waals surface area contributed by atoms with Gasteiger partial charge in [0.2, 0.25) is 0 Å². The molecule has 14 heavy (non-hydrogen) atoms. The second-order valence-electron chi connectivity index (χ2n) is 3.85. The lowest BCUT2D eigenvalue weighted by atomic mass is 10.3. The van der Waals surface area contributed by atoms with E-state index in [0.717, 1.165) is 32.6 Å². The molecule has 0 spiro atoms. The van der Waals surface area contributed by atoms with E-state index in [9.17, 15) is 0 Å². The lowest BCUT2D eigenvalue weighted by molar-refractivity contribution is 0.206. The van der Waals surface area contributed by atoms with Crippen LogP contribution >= 0.6 is 0 Å². The maximum atomic E-state index is 5.22. The zero-order chi connectivity index (χ0) is 10.2. The smallest absolute Gasteiger partial charge is 0.0214 e. The van der Waals surface area contributed by atoms with E-state index >= 15 is 0 Å². The summed E-state index contributed by atoms with van der Waals surface area (Å²) in [6, 6.07) is 0. The second-order valence-corrected chi connectivity index (χ2v) is 3.85. The summed E-state index contributed by atoms with van der Waals surface area (Å²) in [6.07, 6.45) is 6.08. The molecule has 0 bridgehead atoms. The molecule has 0 aliphatic carbocycles. The van der Waals surface area contributed by atoms with Gasteiger partial charge in [-0.3, -0.25) is 4.90 Å². The van der Waals surface area contributed by atoms with Gasteiger partial charge in [0.1, 0.15) is 0 Å². The summed E-state index contributed by atoms with van der Waals surface area (Å²) >= 11 is 0. The lowest BCUT2D eigenvalue weighted by Crippen LogP contribution is -2.46. The van der Waals surface area contributed by atoms with Crippen LogP contribution in [-0.4, -0.2) is 62.7 Å². The first kappa shape index (κ1) is 11.5. The van der Waals surface area contributed by atoms with Crippen LogP contribution in [0.2, 0.25) is 0 Å². The van der Waals surface area contributed by atoms with E-state index in [4.69, 9.17) is 6.42 Å². The zero-order valence-electron chi connectivity index (χ0n) is 9.13. The van der Waals surface area contributed by atoms with Crippen molar-refractivity contribution in [1.29, 1.82) is 0 Å². The first-order chi connectivity index (χ1) is 6.83. The Hall–Kier alpha value is -0.560. The molecule has 3 heteroatoms. The number of nitrogens with zero attached hydrogens (tertiary/aromatic N) is 2. The Morgan fingerprint density at radius 3 is 2.71 bits per heavy atom. The molecule has 1 saturated heterocycles. The molecule has 0 unspecified atom stereocenters. The van der Waals surface area contributed by atoms with Gasteiger partial charge in [-0.05, 0) is 7.05 Å². The highest BCUT2D eigenvalue weighted by molar-refractivity contribution is 4.84. The fourth-order valence-corrected chi connectivity index (χ4v) is 1.61. The Kier molecular flexibility index (Phi) is 5.62. The van der Waals surface area contributed by atoms with Crippen LogP contribution in [0.4, 0.5) is 0 Å². The maximum absolute atomic E-state index is 5.22. The molecule has 1 rings (SSSR count). The summed E-state index contributed by atoms with van der Waals surface area (Å²) in [4.78, 5) is 4.81. The number of likely N-dealkylation sites (N-methyl/N-ethyl adjacent to an activating group) is 1. The van der Waals surface area contributed by atoms with Crippen molar-refractivity contribution in [2.75, 3.05) is 52.9 Å². The van der Waals surface area contributed by atoms with E-state index in [1.165, 1.54) is 19.6 Å². The van der Waals surface area contributed by atoms with Gasteiger partial charge in [-0.25, -0.2) is 0 Å². The normalized spacial score (nSPS) is 18.4. The summed E-state index contributed by atoms with van der Waals surface area (Å²) in [7, 11) is 2.14. The van der Waals surface area contributed by atoms with E-state index < -0.39 is 0 Å². The van der Waals surface area contributed by atoms with Gasteiger partial charge in [0.25, 0.3) is 0 Å². The van der Waals surface area contributed by atoms with E-state index in [2.05, 4.69) is 28.1 Å². The molecule has 1 aliphatic heterocycles. The van der Waals surface area contributed by atoms with Gasteiger partial charge in [-0.15, -0.1) is 12.3 Å². The fourth-order valence-electron chi connectivity index (χ4n) is 1.61. The quantitative estimate of drug-likeness (QED) is 0.615. The van der Waals surface area contributed by atoms with Crippen LogP contribution in [0.25, 0.3) is 0 Å². The highest BCUT2D eigenvalue weighted by Gasteiger charge is 2.09. The summed E-state index contributed by atoms with van der Waals surface area (Å²) in [5, 5.41) is 3.35. The van der Waals surface area contributed by atoms with Crippen LogP contribution in [0.5, 0.6) is 0 Å². The molecule has 0 amide bonds. The summed E-state index contributed by atoms with van der Waals surface area (Å²) in [5.41, 5.74) is 0. The highest BCUT2D eigenvalue weighted by atomic mass is 15.2. The summed E-state index contributed by atoms with van der Waals surface area (Å²) in [6.45, 7) is 7.95. The van der Waals surface area contributed by atoms with Crippen molar-refractivity contribution in [1.82, 2.24) is 15.1 Å². The number of terminal acetylenes is 1. The molecule has 0 atom stereocenters. The average Bonchev–Trinajstić information content (AvgIpc) is 2.25. The molecule has 1 N–H and O–H groups in total. The molecule has 80 valence electrons. The van der Waals surface area contributed by atoms with Crippen molar-refractivity contribution in [3.05, 3.63) is 0 Å². The first-order valence-electron chi connectivity index (χ1n) is 5.38. The number of hydrogen-bond acceptors (Lipinski definition) is 3. The van der Waals surface area contributed by atoms with Crippen LogP contribution in [0.1, 0.15) is 6.42 Å². The van der Waals surface area contributed by atoms with Crippen LogP contribution in [-0.2, 0) is 0 Å². The summed E-state index contributed by atoms with van der Waals surface area (Å²) in [5.74, 6) is 2.67. The molecule has 3 nitrogen and oxygen atoms in total. The van der Waals surface area contributed by atoms with Gasteiger partial charge < -0.3 is 10.2 Å². The fraction of sp³-hybridized carbons (Fsp3) is 0.818. The van der Waals surface area contributed by atoms with Crippen LogP contribution in [0, 0.1) is 12.3 Å². The van der Waals surface area contributed by atoms with Crippen LogP contribution in [0.15, 0.2) is 0 Å². The van der Waals surface area contributed by atoms with Crippen molar-refractivity contribution in [2.45, 2.75) is 6.42 Å². The van der Waals surface area contributed by atoms with E-state index in [-0.39, 0.29) is 0 Å². The highest BCUT2D eigenvalue weighted by Crippen LogP contribution is 1.93. The van der Waals surface area contributed by atoms with Gasteiger partial charge >= 0.3 is 0 Å². The number of nitrogens with one attached hydrogen (secondary N) is 1. The Balaban J connectivity index is 2.03. The second kappa shape index (κ2) is 6.83. The third-order valence-corrected chi connectivity index (χ3v) is 2.65. The number of piperazine rings is 1. The first-order valence-corrected chi connectivity index (χ1v) is 5.38. The molecule has 0 aromatic rings. The van der Waals surface area contributed by atoms with Gasteiger partial charge in [-0.2, -0.15) is 0 Å². The molecule has 1 fully saturated rings. The standard InChI is InChI=1S/C11H21N3/c1-3-4-7-13(2)10-11-14-8-5-12-6-9-14/h1,12H,4-11H2,2H3. The van der Waals surface area contributed by atoms with E-state index in [1.54, 1.807) is 0 Å².